The fourth-order valence-corrected chi connectivity index (χ4v) is 2.07. The van der Waals surface area contributed by atoms with Gasteiger partial charge in [-0.1, -0.05) is 18.2 Å². The molecule has 5 heteroatoms. The summed E-state index contributed by atoms with van der Waals surface area (Å²) >= 11 is 0. The maximum atomic E-state index is 13.9. The third kappa shape index (κ3) is 2.87. The number of aryl methyl sites for hydroxylation is 1. The molecule has 0 amide bonds. The van der Waals surface area contributed by atoms with Crippen LogP contribution < -0.4 is 10.2 Å². The Morgan fingerprint density at radius 2 is 1.95 bits per heavy atom. The van der Waals surface area contributed by atoms with E-state index in [9.17, 15) is 4.39 Å². The predicted octanol–water partition coefficient (Wildman–Crippen LogP) is 3.16. The summed E-state index contributed by atoms with van der Waals surface area (Å²) < 4.78 is 13.9. The van der Waals surface area contributed by atoms with E-state index in [-0.39, 0.29) is 11.9 Å². The number of benzene rings is 1. The lowest BCUT2D eigenvalue weighted by atomic mass is 10.1. The van der Waals surface area contributed by atoms with Crippen molar-refractivity contribution in [3.63, 3.8) is 0 Å². The van der Waals surface area contributed by atoms with Gasteiger partial charge >= 0.3 is 0 Å². The Hall–Kier alpha value is -2.17. The van der Waals surface area contributed by atoms with Crippen LogP contribution in [0.3, 0.4) is 0 Å². The summed E-state index contributed by atoms with van der Waals surface area (Å²) in [6, 6.07) is 8.58. The van der Waals surface area contributed by atoms with Crippen LogP contribution in [0.15, 0.2) is 30.3 Å². The standard InChI is InChI=1S/C15H19FN4/c1-10-9-14(19-15(17-3)18-10)20(4)11(2)12-7-5-6-8-13(12)16/h5-9,11H,1-4H3,(H,17,18,19). The molecule has 0 aliphatic rings. The van der Waals surface area contributed by atoms with E-state index >= 15 is 0 Å². The first kappa shape index (κ1) is 14.2. The molecule has 1 N–H and O–H groups in total. The second-order valence-corrected chi connectivity index (χ2v) is 4.75. The van der Waals surface area contributed by atoms with Gasteiger partial charge in [-0.15, -0.1) is 0 Å². The van der Waals surface area contributed by atoms with Crippen molar-refractivity contribution in [2.24, 2.45) is 0 Å². The molecule has 1 unspecified atom stereocenters. The number of hydrogen-bond acceptors (Lipinski definition) is 4. The van der Waals surface area contributed by atoms with Crippen molar-refractivity contribution in [1.29, 1.82) is 0 Å². The third-order valence-corrected chi connectivity index (χ3v) is 3.36. The molecular weight excluding hydrogens is 255 g/mol. The zero-order chi connectivity index (χ0) is 14.7. The minimum absolute atomic E-state index is 0.116. The van der Waals surface area contributed by atoms with Gasteiger partial charge in [-0.05, 0) is 19.9 Å². The quantitative estimate of drug-likeness (QED) is 0.929. The van der Waals surface area contributed by atoms with Gasteiger partial charge in [-0.25, -0.2) is 9.37 Å². The van der Waals surface area contributed by atoms with Gasteiger partial charge in [0, 0.05) is 31.4 Å². The zero-order valence-electron chi connectivity index (χ0n) is 12.2. The molecule has 0 fully saturated rings. The van der Waals surface area contributed by atoms with Gasteiger partial charge in [0.15, 0.2) is 0 Å². The lowest BCUT2D eigenvalue weighted by Crippen LogP contribution is -2.24. The minimum Gasteiger partial charge on any atom is -0.357 e. The second-order valence-electron chi connectivity index (χ2n) is 4.75. The van der Waals surface area contributed by atoms with Crippen LogP contribution in [0.5, 0.6) is 0 Å². The van der Waals surface area contributed by atoms with Crippen LogP contribution in [-0.2, 0) is 0 Å². The topological polar surface area (TPSA) is 41.1 Å². The largest absolute Gasteiger partial charge is 0.357 e. The molecule has 1 aromatic carbocycles. The van der Waals surface area contributed by atoms with Gasteiger partial charge in [-0.2, -0.15) is 4.98 Å². The van der Waals surface area contributed by atoms with E-state index in [4.69, 9.17) is 0 Å². The lowest BCUT2D eigenvalue weighted by Gasteiger charge is -2.27. The molecule has 20 heavy (non-hydrogen) atoms. The molecule has 0 aliphatic heterocycles. The average molecular weight is 274 g/mol. The number of nitrogens with one attached hydrogen (secondary N) is 1. The first-order valence-electron chi connectivity index (χ1n) is 6.53. The van der Waals surface area contributed by atoms with Gasteiger partial charge in [-0.3, -0.25) is 0 Å². The number of hydrogen-bond donors (Lipinski definition) is 1. The third-order valence-electron chi connectivity index (χ3n) is 3.36. The van der Waals surface area contributed by atoms with Crippen LogP contribution in [-0.4, -0.2) is 24.1 Å². The van der Waals surface area contributed by atoms with Gasteiger partial charge in [0.2, 0.25) is 5.95 Å². The first-order chi connectivity index (χ1) is 9.52. The minimum atomic E-state index is -0.202. The molecule has 0 aliphatic carbocycles. The Morgan fingerprint density at radius 3 is 2.60 bits per heavy atom. The number of aromatic nitrogens is 2. The van der Waals surface area contributed by atoms with E-state index in [0.717, 1.165) is 11.5 Å². The fraction of sp³-hybridized carbons (Fsp3) is 0.333. The monoisotopic (exact) mass is 274 g/mol. The molecule has 1 atom stereocenters. The molecule has 106 valence electrons. The van der Waals surface area contributed by atoms with Gasteiger partial charge in [0.1, 0.15) is 11.6 Å². The van der Waals surface area contributed by atoms with E-state index in [0.29, 0.717) is 11.5 Å². The van der Waals surface area contributed by atoms with Crippen LogP contribution in [0.1, 0.15) is 24.2 Å². The van der Waals surface area contributed by atoms with E-state index in [2.05, 4.69) is 15.3 Å². The molecule has 0 saturated carbocycles. The van der Waals surface area contributed by atoms with Crippen molar-refractivity contribution >= 4 is 11.8 Å². The van der Waals surface area contributed by atoms with Crippen molar-refractivity contribution < 1.29 is 4.39 Å². The molecule has 0 saturated heterocycles. The molecule has 2 aromatic rings. The molecular formula is C15H19FN4. The number of nitrogens with zero attached hydrogens (tertiary/aromatic N) is 3. The highest BCUT2D eigenvalue weighted by Gasteiger charge is 2.17. The predicted molar refractivity (Wildman–Crippen MR) is 79.5 cm³/mol. The summed E-state index contributed by atoms with van der Waals surface area (Å²) in [5.41, 5.74) is 1.52. The highest BCUT2D eigenvalue weighted by molar-refractivity contribution is 5.46. The van der Waals surface area contributed by atoms with Crippen molar-refractivity contribution in [2.45, 2.75) is 19.9 Å². The highest BCUT2D eigenvalue weighted by Crippen LogP contribution is 2.26. The van der Waals surface area contributed by atoms with Crippen molar-refractivity contribution in [2.75, 3.05) is 24.3 Å². The van der Waals surface area contributed by atoms with Gasteiger partial charge in [0.05, 0.1) is 6.04 Å². The van der Waals surface area contributed by atoms with E-state index in [1.165, 1.54) is 6.07 Å². The molecule has 0 bridgehead atoms. The maximum absolute atomic E-state index is 13.9. The normalized spacial score (nSPS) is 12.1. The molecule has 1 aromatic heterocycles. The van der Waals surface area contributed by atoms with Crippen molar-refractivity contribution in [1.82, 2.24) is 9.97 Å². The number of halogens is 1. The summed E-state index contributed by atoms with van der Waals surface area (Å²) in [6.07, 6.45) is 0. The summed E-state index contributed by atoms with van der Waals surface area (Å²) in [7, 11) is 3.68. The number of rotatable bonds is 4. The average Bonchev–Trinajstić information content (AvgIpc) is 2.45. The Morgan fingerprint density at radius 1 is 1.25 bits per heavy atom. The Kier molecular flexibility index (Phi) is 4.17. The second kappa shape index (κ2) is 5.86. The SMILES string of the molecule is CNc1nc(C)cc(N(C)C(C)c2ccccc2F)n1. The Labute approximate surface area is 118 Å². The molecule has 0 spiro atoms. The lowest BCUT2D eigenvalue weighted by molar-refractivity contribution is 0.584. The molecule has 2 rings (SSSR count). The van der Waals surface area contributed by atoms with Crippen LogP contribution in [0.4, 0.5) is 16.2 Å². The van der Waals surface area contributed by atoms with E-state index < -0.39 is 0 Å². The van der Waals surface area contributed by atoms with Crippen LogP contribution >= 0.6 is 0 Å². The number of anilines is 2. The molecule has 1 heterocycles. The van der Waals surface area contributed by atoms with Gasteiger partial charge in [0.25, 0.3) is 0 Å². The Balaban J connectivity index is 2.33. The highest BCUT2D eigenvalue weighted by atomic mass is 19.1. The fourth-order valence-electron chi connectivity index (χ4n) is 2.07. The first-order valence-corrected chi connectivity index (χ1v) is 6.53. The summed E-state index contributed by atoms with van der Waals surface area (Å²) in [5, 5.41) is 2.93. The molecule has 4 nitrogen and oxygen atoms in total. The van der Waals surface area contributed by atoms with Crippen LogP contribution in [0.2, 0.25) is 0 Å². The Bertz CT molecular complexity index is 600. The smallest absolute Gasteiger partial charge is 0.224 e. The summed E-state index contributed by atoms with van der Waals surface area (Å²) in [4.78, 5) is 10.6. The summed E-state index contributed by atoms with van der Waals surface area (Å²) in [6.45, 7) is 3.86. The molecule has 0 radical (unpaired) electrons. The van der Waals surface area contributed by atoms with Crippen molar-refractivity contribution in [3.8, 4) is 0 Å². The van der Waals surface area contributed by atoms with Crippen molar-refractivity contribution in [3.05, 3.63) is 47.4 Å². The maximum Gasteiger partial charge on any atom is 0.224 e. The zero-order valence-corrected chi connectivity index (χ0v) is 12.2. The summed E-state index contributed by atoms with van der Waals surface area (Å²) in [5.74, 6) is 1.12. The van der Waals surface area contributed by atoms with Gasteiger partial charge < -0.3 is 10.2 Å². The van der Waals surface area contributed by atoms with Crippen LogP contribution in [0, 0.1) is 12.7 Å². The van der Waals surface area contributed by atoms with E-state index in [1.807, 2.05) is 37.9 Å². The van der Waals surface area contributed by atoms with Crippen LogP contribution in [0.25, 0.3) is 0 Å². The van der Waals surface area contributed by atoms with E-state index in [1.54, 1.807) is 19.2 Å².